The minimum atomic E-state index is -0.929. The van der Waals surface area contributed by atoms with Gasteiger partial charge in [0.2, 0.25) is 5.89 Å². The highest BCUT2D eigenvalue weighted by Crippen LogP contribution is 2.55. The fraction of sp³-hybridized carbons (Fsp3) is 0.242. The van der Waals surface area contributed by atoms with E-state index in [1.807, 2.05) is 59.5 Å². The topological polar surface area (TPSA) is 83.6 Å². The van der Waals surface area contributed by atoms with Crippen molar-refractivity contribution in [2.45, 2.75) is 27.2 Å². The molecule has 7 heteroatoms. The number of hydrogen-bond acceptors (Lipinski definition) is 4. The van der Waals surface area contributed by atoms with Crippen LogP contribution < -0.4 is 0 Å². The molecule has 0 fully saturated rings. The Morgan fingerprint density at radius 1 is 1.00 bits per heavy atom. The second-order valence-corrected chi connectivity index (χ2v) is 12.3. The third-order valence-electron chi connectivity index (χ3n) is 8.28. The number of oxazole rings is 1. The highest BCUT2D eigenvalue weighted by atomic mass is 79.9. The molecule has 1 N–H and O–H groups in total. The number of amides is 1. The Labute approximate surface area is 241 Å². The molecule has 0 saturated heterocycles. The second-order valence-electron chi connectivity index (χ2n) is 11.4. The molecule has 2 aliphatic rings. The van der Waals surface area contributed by atoms with Gasteiger partial charge < -0.3 is 14.4 Å². The van der Waals surface area contributed by atoms with Crippen LogP contribution in [0.5, 0.6) is 0 Å². The van der Waals surface area contributed by atoms with Gasteiger partial charge in [0.15, 0.2) is 5.58 Å². The molecular formula is C33H29BrN2O4. The van der Waals surface area contributed by atoms with Crippen molar-refractivity contribution in [3.8, 4) is 11.5 Å². The van der Waals surface area contributed by atoms with Gasteiger partial charge >= 0.3 is 5.97 Å². The van der Waals surface area contributed by atoms with Gasteiger partial charge in [-0.05, 0) is 60.0 Å². The second kappa shape index (κ2) is 9.59. The number of allylic oxidation sites excluding steroid dienone is 2. The first-order valence-electron chi connectivity index (χ1n) is 13.3. The SMILES string of the molecule is CC1(C)C(c2ccc(C(=O)O)cc2)=CC[C@]2(C)CN(C(=O)c3ccccc3-c3nc4cc(Br)ccc4o3)CC=C12. The molecule has 1 aliphatic heterocycles. The van der Waals surface area contributed by atoms with E-state index < -0.39 is 5.97 Å². The molecule has 4 aromatic rings. The van der Waals surface area contributed by atoms with E-state index in [0.717, 1.165) is 22.0 Å². The zero-order valence-corrected chi connectivity index (χ0v) is 24.2. The van der Waals surface area contributed by atoms with E-state index in [4.69, 9.17) is 4.42 Å². The number of carboxylic acid groups (broad SMARTS) is 1. The maximum absolute atomic E-state index is 14.0. The van der Waals surface area contributed by atoms with Crippen molar-refractivity contribution >= 4 is 44.5 Å². The first-order chi connectivity index (χ1) is 19.1. The maximum Gasteiger partial charge on any atom is 0.335 e. The van der Waals surface area contributed by atoms with Crippen LogP contribution in [0.3, 0.4) is 0 Å². The van der Waals surface area contributed by atoms with Crippen LogP contribution >= 0.6 is 15.9 Å². The molecule has 0 saturated carbocycles. The molecule has 1 atom stereocenters. The van der Waals surface area contributed by atoms with E-state index in [-0.39, 0.29) is 22.3 Å². The van der Waals surface area contributed by atoms with E-state index in [2.05, 4.69) is 53.8 Å². The number of carboxylic acids is 1. The number of hydrogen-bond donors (Lipinski definition) is 1. The van der Waals surface area contributed by atoms with E-state index in [1.165, 1.54) is 11.1 Å². The molecule has 0 radical (unpaired) electrons. The highest BCUT2D eigenvalue weighted by molar-refractivity contribution is 9.10. The fourth-order valence-electron chi connectivity index (χ4n) is 6.40. The third-order valence-corrected chi connectivity index (χ3v) is 8.77. The summed E-state index contributed by atoms with van der Waals surface area (Å²) in [5.74, 6) is -0.550. The normalized spacial score (nSPS) is 20.1. The van der Waals surface area contributed by atoms with Crippen LogP contribution in [0, 0.1) is 10.8 Å². The predicted octanol–water partition coefficient (Wildman–Crippen LogP) is 7.86. The lowest BCUT2D eigenvalue weighted by Gasteiger charge is -2.50. The quantitative estimate of drug-likeness (QED) is 0.242. The lowest BCUT2D eigenvalue weighted by molar-refractivity contribution is 0.0679. The van der Waals surface area contributed by atoms with Gasteiger partial charge in [-0.3, -0.25) is 4.79 Å². The van der Waals surface area contributed by atoms with E-state index in [9.17, 15) is 14.7 Å². The molecule has 2 heterocycles. The summed E-state index contributed by atoms with van der Waals surface area (Å²) < 4.78 is 6.95. The van der Waals surface area contributed by atoms with Crippen molar-refractivity contribution in [1.29, 1.82) is 0 Å². The van der Waals surface area contributed by atoms with Gasteiger partial charge in [0, 0.05) is 34.0 Å². The fourth-order valence-corrected chi connectivity index (χ4v) is 6.75. The third kappa shape index (κ3) is 4.38. The van der Waals surface area contributed by atoms with Gasteiger partial charge in [-0.25, -0.2) is 9.78 Å². The van der Waals surface area contributed by atoms with Gasteiger partial charge in [0.25, 0.3) is 5.91 Å². The Balaban J connectivity index is 1.30. The number of carbonyl (C=O) groups is 2. The van der Waals surface area contributed by atoms with Crippen molar-refractivity contribution in [3.63, 3.8) is 0 Å². The molecule has 3 aromatic carbocycles. The molecule has 1 aliphatic carbocycles. The van der Waals surface area contributed by atoms with Gasteiger partial charge in [0.1, 0.15) is 5.52 Å². The standard InChI is InChI=1S/C33H29BrN2O4/c1-32(2)25(20-8-10-21(11-9-20)31(38)39)14-16-33(3)19-36(17-15-28(32)33)30(37)24-7-5-4-6-23(24)29-35-26-18-22(34)12-13-27(26)40-29/h4-15,18H,16-17,19H2,1-3H3,(H,38,39)/t33-/m1/s1. The largest absolute Gasteiger partial charge is 0.478 e. The van der Waals surface area contributed by atoms with Crippen LogP contribution in [0.1, 0.15) is 53.5 Å². The van der Waals surface area contributed by atoms with Crippen LogP contribution in [-0.2, 0) is 0 Å². The van der Waals surface area contributed by atoms with Gasteiger partial charge in [-0.15, -0.1) is 0 Å². The van der Waals surface area contributed by atoms with Crippen molar-refractivity contribution in [3.05, 3.63) is 106 Å². The average Bonchev–Trinajstić information content (AvgIpc) is 3.35. The minimum absolute atomic E-state index is 0.0487. The van der Waals surface area contributed by atoms with Crippen LogP contribution in [-0.4, -0.2) is 40.0 Å². The Hall–Kier alpha value is -3.97. The summed E-state index contributed by atoms with van der Waals surface area (Å²) in [6.45, 7) is 7.76. The number of carbonyl (C=O) groups excluding carboxylic acids is 1. The smallest absolute Gasteiger partial charge is 0.335 e. The van der Waals surface area contributed by atoms with Gasteiger partial charge in [0.05, 0.1) is 11.1 Å². The molecule has 202 valence electrons. The number of fused-ring (bicyclic) bond motifs is 2. The van der Waals surface area contributed by atoms with Crippen molar-refractivity contribution in [2.24, 2.45) is 10.8 Å². The molecule has 6 nitrogen and oxygen atoms in total. The summed E-state index contributed by atoms with van der Waals surface area (Å²) >= 11 is 3.48. The summed E-state index contributed by atoms with van der Waals surface area (Å²) in [5, 5.41) is 9.29. The predicted molar refractivity (Wildman–Crippen MR) is 159 cm³/mol. The first kappa shape index (κ1) is 26.3. The minimum Gasteiger partial charge on any atom is -0.478 e. The zero-order valence-electron chi connectivity index (χ0n) is 22.6. The van der Waals surface area contributed by atoms with E-state index >= 15 is 0 Å². The van der Waals surface area contributed by atoms with Crippen molar-refractivity contribution < 1.29 is 19.1 Å². The van der Waals surface area contributed by atoms with Crippen LogP contribution in [0.25, 0.3) is 28.1 Å². The summed E-state index contributed by atoms with van der Waals surface area (Å²) in [6.07, 6.45) is 5.24. The van der Waals surface area contributed by atoms with Crippen LogP contribution in [0.15, 0.2) is 93.3 Å². The maximum atomic E-state index is 14.0. The molecule has 0 bridgehead atoms. The Bertz CT molecular complexity index is 1730. The Kier molecular flexibility index (Phi) is 6.30. The Morgan fingerprint density at radius 3 is 2.50 bits per heavy atom. The lowest BCUT2D eigenvalue weighted by Crippen LogP contribution is -2.48. The summed E-state index contributed by atoms with van der Waals surface area (Å²) in [7, 11) is 0. The molecule has 0 spiro atoms. The molecule has 1 aromatic heterocycles. The summed E-state index contributed by atoms with van der Waals surface area (Å²) in [5.41, 5.74) is 5.95. The van der Waals surface area contributed by atoms with E-state index in [1.54, 1.807) is 12.1 Å². The van der Waals surface area contributed by atoms with Crippen LogP contribution in [0.2, 0.25) is 0 Å². The summed E-state index contributed by atoms with van der Waals surface area (Å²) in [6, 6.07) is 20.3. The van der Waals surface area contributed by atoms with Crippen molar-refractivity contribution in [1.82, 2.24) is 9.88 Å². The molecule has 40 heavy (non-hydrogen) atoms. The first-order valence-corrected chi connectivity index (χ1v) is 14.1. The van der Waals surface area contributed by atoms with Gasteiger partial charge in [-0.2, -0.15) is 0 Å². The Morgan fingerprint density at radius 2 is 1.75 bits per heavy atom. The monoisotopic (exact) mass is 596 g/mol. The zero-order chi connectivity index (χ0) is 28.2. The number of benzene rings is 3. The lowest BCUT2D eigenvalue weighted by atomic mass is 9.58. The summed E-state index contributed by atoms with van der Waals surface area (Å²) in [4.78, 5) is 31.9. The van der Waals surface area contributed by atoms with Gasteiger partial charge in [-0.1, -0.05) is 78.7 Å². The van der Waals surface area contributed by atoms with E-state index in [0.29, 0.717) is 35.7 Å². The number of nitrogens with zero attached hydrogens (tertiary/aromatic N) is 2. The molecule has 1 amide bonds. The number of rotatable bonds is 4. The van der Waals surface area contributed by atoms with Crippen LogP contribution in [0.4, 0.5) is 0 Å². The van der Waals surface area contributed by atoms with Crippen molar-refractivity contribution in [2.75, 3.05) is 13.1 Å². The molecule has 0 unspecified atom stereocenters. The number of aromatic nitrogens is 1. The highest BCUT2D eigenvalue weighted by Gasteiger charge is 2.46. The number of halogens is 1. The molecule has 6 rings (SSSR count). The average molecular weight is 598 g/mol. The number of aromatic carboxylic acids is 1. The molecular weight excluding hydrogens is 568 g/mol.